The van der Waals surface area contributed by atoms with E-state index < -0.39 is 0 Å². The molecule has 2 heterocycles. The minimum absolute atomic E-state index is 0.221. The van der Waals surface area contributed by atoms with E-state index in [2.05, 4.69) is 88.4 Å². The van der Waals surface area contributed by atoms with Crippen LogP contribution >= 0.6 is 11.6 Å². The van der Waals surface area contributed by atoms with Gasteiger partial charge in [0.2, 0.25) is 0 Å². The minimum atomic E-state index is -0.282. The van der Waals surface area contributed by atoms with Gasteiger partial charge in [-0.1, -0.05) is 84.9 Å². The number of benzene rings is 5. The fourth-order valence-corrected chi connectivity index (χ4v) is 5.34. The fourth-order valence-electron chi connectivity index (χ4n) is 5.13. The Balaban J connectivity index is 1.25. The Bertz CT molecular complexity index is 1770. The van der Waals surface area contributed by atoms with E-state index in [0.29, 0.717) is 5.29 Å². The van der Waals surface area contributed by atoms with Crippen molar-refractivity contribution in [2.45, 2.75) is 12.3 Å². The molecular formula is C31H22ClN3O. The van der Waals surface area contributed by atoms with E-state index in [0.717, 1.165) is 33.1 Å². The monoisotopic (exact) mass is 487 g/mol. The first-order valence-electron chi connectivity index (χ1n) is 12.0. The number of para-hydroxylation sites is 1. The van der Waals surface area contributed by atoms with Gasteiger partial charge in [-0.15, -0.1) is 0 Å². The zero-order valence-corrected chi connectivity index (χ0v) is 20.0. The molecule has 2 atom stereocenters. The minimum Gasteiger partial charge on any atom is -0.456 e. The van der Waals surface area contributed by atoms with Gasteiger partial charge in [-0.2, -0.15) is 0 Å². The Morgan fingerprint density at radius 2 is 1.47 bits per heavy atom. The summed E-state index contributed by atoms with van der Waals surface area (Å²) in [6.07, 6.45) is -0.503. The molecule has 174 valence electrons. The number of hydrogen-bond acceptors (Lipinski definition) is 4. The maximum atomic E-state index is 6.53. The molecule has 0 saturated carbocycles. The van der Waals surface area contributed by atoms with Crippen molar-refractivity contribution >= 4 is 49.6 Å². The second-order valence-corrected chi connectivity index (χ2v) is 9.43. The summed E-state index contributed by atoms with van der Waals surface area (Å²) in [4.78, 5) is 4.67. The highest BCUT2D eigenvalue weighted by atomic mass is 35.5. The van der Waals surface area contributed by atoms with E-state index in [9.17, 15) is 0 Å². The lowest BCUT2D eigenvalue weighted by molar-refractivity contribution is 0.414. The SMILES string of the molecule is ClC1=NC(c2ccc3cc(-c4ccccc4)ccc3c2)NC(c2cccc3oc4ccccc4c23)N1. The normalized spacial score (nSPS) is 17.9. The molecule has 2 N–H and O–H groups in total. The average Bonchev–Trinajstić information content (AvgIpc) is 3.31. The van der Waals surface area contributed by atoms with E-state index in [-0.39, 0.29) is 12.3 Å². The van der Waals surface area contributed by atoms with Crippen LogP contribution in [0.25, 0.3) is 43.8 Å². The molecule has 5 heteroatoms. The third-order valence-corrected chi connectivity index (χ3v) is 7.07. The number of aliphatic imine (C=N–C) groups is 1. The Kier molecular flexibility index (Phi) is 5.01. The maximum absolute atomic E-state index is 6.53. The van der Waals surface area contributed by atoms with Crippen molar-refractivity contribution in [3.05, 3.63) is 120 Å². The summed E-state index contributed by atoms with van der Waals surface area (Å²) in [5, 5.41) is 11.8. The Hall–Kier alpha value is -4.12. The molecule has 0 spiro atoms. The second-order valence-electron chi connectivity index (χ2n) is 9.07. The highest BCUT2D eigenvalue weighted by Gasteiger charge is 2.26. The highest BCUT2D eigenvalue weighted by Crippen LogP contribution is 2.36. The smallest absolute Gasteiger partial charge is 0.194 e. The van der Waals surface area contributed by atoms with Gasteiger partial charge in [0, 0.05) is 16.3 Å². The van der Waals surface area contributed by atoms with Gasteiger partial charge in [0.25, 0.3) is 0 Å². The zero-order chi connectivity index (χ0) is 24.1. The summed E-state index contributed by atoms with van der Waals surface area (Å²) in [5.41, 5.74) is 6.28. The van der Waals surface area contributed by atoms with Gasteiger partial charge in [0.1, 0.15) is 23.5 Å². The number of amidine groups is 1. The van der Waals surface area contributed by atoms with Gasteiger partial charge in [-0.25, -0.2) is 4.99 Å². The molecule has 1 aromatic heterocycles. The van der Waals surface area contributed by atoms with Crippen LogP contribution in [0.3, 0.4) is 0 Å². The van der Waals surface area contributed by atoms with Crippen molar-refractivity contribution in [3.63, 3.8) is 0 Å². The predicted molar refractivity (Wildman–Crippen MR) is 148 cm³/mol. The van der Waals surface area contributed by atoms with Crippen molar-refractivity contribution in [2.24, 2.45) is 4.99 Å². The van der Waals surface area contributed by atoms with Crippen LogP contribution in [0.1, 0.15) is 23.5 Å². The lowest BCUT2D eigenvalue weighted by atomic mass is 9.99. The van der Waals surface area contributed by atoms with Crippen LogP contribution < -0.4 is 10.6 Å². The molecule has 7 rings (SSSR count). The Labute approximate surface area is 213 Å². The van der Waals surface area contributed by atoms with E-state index >= 15 is 0 Å². The van der Waals surface area contributed by atoms with Crippen molar-refractivity contribution in [1.82, 2.24) is 10.6 Å². The molecule has 1 aliphatic heterocycles. The van der Waals surface area contributed by atoms with Gasteiger partial charge in [-0.3, -0.25) is 5.32 Å². The zero-order valence-electron chi connectivity index (χ0n) is 19.3. The van der Waals surface area contributed by atoms with E-state index in [1.807, 2.05) is 36.4 Å². The molecule has 0 amide bonds. The quantitative estimate of drug-likeness (QED) is 0.249. The third-order valence-electron chi connectivity index (χ3n) is 6.86. The molecular weight excluding hydrogens is 466 g/mol. The molecule has 0 fully saturated rings. The van der Waals surface area contributed by atoms with Gasteiger partial charge in [-0.05, 0) is 63.3 Å². The first-order valence-corrected chi connectivity index (χ1v) is 12.4. The highest BCUT2D eigenvalue weighted by molar-refractivity contribution is 6.64. The predicted octanol–water partition coefficient (Wildman–Crippen LogP) is 7.89. The molecule has 6 aromatic rings. The maximum Gasteiger partial charge on any atom is 0.194 e. The molecule has 36 heavy (non-hydrogen) atoms. The molecule has 2 unspecified atom stereocenters. The van der Waals surface area contributed by atoms with Crippen molar-refractivity contribution in [1.29, 1.82) is 0 Å². The topological polar surface area (TPSA) is 49.6 Å². The molecule has 0 radical (unpaired) electrons. The van der Waals surface area contributed by atoms with E-state index in [1.54, 1.807) is 0 Å². The third kappa shape index (κ3) is 3.63. The summed E-state index contributed by atoms with van der Waals surface area (Å²) in [7, 11) is 0. The number of fused-ring (bicyclic) bond motifs is 4. The van der Waals surface area contributed by atoms with Crippen LogP contribution in [-0.2, 0) is 0 Å². The molecule has 4 nitrogen and oxygen atoms in total. The van der Waals surface area contributed by atoms with Crippen LogP contribution in [0.2, 0.25) is 0 Å². The average molecular weight is 488 g/mol. The van der Waals surface area contributed by atoms with Crippen LogP contribution in [-0.4, -0.2) is 5.29 Å². The standard InChI is InChI=1S/C31H22ClN3O/c32-31-34-29(23-16-15-21-17-20(13-14-22(21)18-23)19-7-2-1-3-8-19)33-30(35-31)25-10-6-12-27-28(25)24-9-4-5-11-26(24)36-27/h1-18,29-30,33H,(H,34,35). The summed E-state index contributed by atoms with van der Waals surface area (Å²) in [6, 6.07) is 37.7. The molecule has 5 aromatic carbocycles. The molecule has 0 aliphatic carbocycles. The first kappa shape index (κ1) is 21.2. The lowest BCUT2D eigenvalue weighted by Crippen LogP contribution is -2.42. The first-order chi connectivity index (χ1) is 17.7. The number of halogens is 1. The molecule has 0 bridgehead atoms. The van der Waals surface area contributed by atoms with Gasteiger partial charge in [0.05, 0.1) is 0 Å². The lowest BCUT2D eigenvalue weighted by Gasteiger charge is -2.30. The van der Waals surface area contributed by atoms with Gasteiger partial charge >= 0.3 is 0 Å². The largest absolute Gasteiger partial charge is 0.456 e. The van der Waals surface area contributed by atoms with E-state index in [1.165, 1.54) is 21.9 Å². The van der Waals surface area contributed by atoms with Crippen LogP contribution in [0.5, 0.6) is 0 Å². The Morgan fingerprint density at radius 1 is 0.694 bits per heavy atom. The second kappa shape index (κ2) is 8.52. The summed E-state index contributed by atoms with van der Waals surface area (Å²) < 4.78 is 6.09. The number of rotatable bonds is 3. The number of nitrogens with one attached hydrogen (secondary N) is 2. The fraction of sp³-hybridized carbons (Fsp3) is 0.0645. The number of nitrogens with zero attached hydrogens (tertiary/aromatic N) is 1. The summed E-state index contributed by atoms with van der Waals surface area (Å²) >= 11 is 6.53. The van der Waals surface area contributed by atoms with Gasteiger partial charge < -0.3 is 9.73 Å². The van der Waals surface area contributed by atoms with Crippen molar-refractivity contribution in [3.8, 4) is 11.1 Å². The van der Waals surface area contributed by atoms with Crippen LogP contribution in [0.4, 0.5) is 0 Å². The van der Waals surface area contributed by atoms with Crippen molar-refractivity contribution in [2.75, 3.05) is 0 Å². The van der Waals surface area contributed by atoms with Crippen LogP contribution in [0.15, 0.2) is 119 Å². The summed E-state index contributed by atoms with van der Waals surface area (Å²) in [5.74, 6) is 0. The number of furan rings is 1. The molecule has 1 aliphatic rings. The summed E-state index contributed by atoms with van der Waals surface area (Å²) in [6.45, 7) is 0. The van der Waals surface area contributed by atoms with E-state index in [4.69, 9.17) is 16.0 Å². The van der Waals surface area contributed by atoms with Gasteiger partial charge in [0.15, 0.2) is 5.29 Å². The van der Waals surface area contributed by atoms with Crippen LogP contribution in [0, 0.1) is 0 Å². The Morgan fingerprint density at radius 3 is 2.39 bits per heavy atom. The van der Waals surface area contributed by atoms with Crippen molar-refractivity contribution < 1.29 is 4.42 Å². The molecule has 0 saturated heterocycles. The number of hydrogen-bond donors (Lipinski definition) is 2.